The monoisotopic (exact) mass is 494 g/mol. The molecule has 36 heavy (non-hydrogen) atoms. The Hall–Kier alpha value is -3.19. The molecule has 2 aromatic carbocycles. The molecule has 0 saturated heterocycles. The molecular formula is C29H38N2O5. The van der Waals surface area contributed by atoms with Crippen LogP contribution in [0.4, 0.5) is 0 Å². The summed E-state index contributed by atoms with van der Waals surface area (Å²) in [6, 6.07) is 10.2. The number of hydrogen-bond donors (Lipinski definition) is 0. The molecule has 0 unspecified atom stereocenters. The second-order valence-electron chi connectivity index (χ2n) is 9.78. The molecule has 2 aromatic rings. The number of amides is 1. The molecule has 194 valence electrons. The Kier molecular flexibility index (Phi) is 8.09. The first kappa shape index (κ1) is 25.9. The second-order valence-corrected chi connectivity index (χ2v) is 9.78. The molecule has 1 amide bonds. The zero-order valence-electron chi connectivity index (χ0n) is 22.1. The first-order valence-corrected chi connectivity index (χ1v) is 12.6. The summed E-state index contributed by atoms with van der Waals surface area (Å²) in [5.41, 5.74) is 3.40. The van der Waals surface area contributed by atoms with Crippen molar-refractivity contribution in [2.45, 2.75) is 37.5 Å². The van der Waals surface area contributed by atoms with Crippen molar-refractivity contribution in [2.24, 2.45) is 0 Å². The summed E-state index contributed by atoms with van der Waals surface area (Å²) in [5, 5.41) is 0. The van der Waals surface area contributed by atoms with Gasteiger partial charge in [0, 0.05) is 24.7 Å². The van der Waals surface area contributed by atoms with Crippen LogP contribution in [0.3, 0.4) is 0 Å². The van der Waals surface area contributed by atoms with Gasteiger partial charge in [0.05, 0.1) is 34.9 Å². The van der Waals surface area contributed by atoms with Crippen molar-refractivity contribution in [3.63, 3.8) is 0 Å². The summed E-state index contributed by atoms with van der Waals surface area (Å²) in [6.07, 6.45) is 8.73. The van der Waals surface area contributed by atoms with Crippen molar-refractivity contribution >= 4 is 12.0 Å². The zero-order chi connectivity index (χ0) is 25.7. The number of methoxy groups -OCH3 is 4. The number of rotatable bonds is 11. The van der Waals surface area contributed by atoms with Gasteiger partial charge in [0.2, 0.25) is 5.91 Å². The van der Waals surface area contributed by atoms with Gasteiger partial charge in [0.15, 0.2) is 23.0 Å². The normalized spacial score (nSPS) is 16.3. The molecule has 1 saturated carbocycles. The first-order valence-electron chi connectivity index (χ1n) is 12.6. The molecule has 0 atom stereocenters. The molecule has 0 bridgehead atoms. The third-order valence-corrected chi connectivity index (χ3v) is 7.56. The number of benzene rings is 2. The van der Waals surface area contributed by atoms with Gasteiger partial charge in [-0.25, -0.2) is 0 Å². The zero-order valence-corrected chi connectivity index (χ0v) is 22.1. The van der Waals surface area contributed by atoms with E-state index in [1.165, 1.54) is 24.8 Å². The van der Waals surface area contributed by atoms with Crippen LogP contribution < -0.4 is 18.9 Å². The van der Waals surface area contributed by atoms with Crippen molar-refractivity contribution in [3.8, 4) is 23.0 Å². The minimum Gasteiger partial charge on any atom is -0.493 e. The SMILES string of the molecule is COc1ccc(C2(CN(C)CCCN3C=Cc4cc(OC)c(OC)cc4CC3=O)CCC2)cc1OC. The van der Waals surface area contributed by atoms with Gasteiger partial charge in [0.1, 0.15) is 0 Å². The van der Waals surface area contributed by atoms with E-state index < -0.39 is 0 Å². The van der Waals surface area contributed by atoms with Crippen molar-refractivity contribution < 1.29 is 23.7 Å². The largest absolute Gasteiger partial charge is 0.493 e. The van der Waals surface area contributed by atoms with Gasteiger partial charge in [-0.3, -0.25) is 4.79 Å². The van der Waals surface area contributed by atoms with Crippen LogP contribution in [0.15, 0.2) is 36.5 Å². The Morgan fingerprint density at radius 3 is 2.22 bits per heavy atom. The summed E-state index contributed by atoms with van der Waals surface area (Å²) in [6.45, 7) is 2.59. The van der Waals surface area contributed by atoms with Crippen LogP contribution >= 0.6 is 0 Å². The van der Waals surface area contributed by atoms with Gasteiger partial charge in [-0.2, -0.15) is 0 Å². The van der Waals surface area contributed by atoms with Crippen LogP contribution in [0.25, 0.3) is 6.08 Å². The van der Waals surface area contributed by atoms with E-state index in [1.54, 1.807) is 28.4 Å². The summed E-state index contributed by atoms with van der Waals surface area (Å²) < 4.78 is 21.8. The number of carbonyl (C=O) groups excluding carboxylic acids is 1. The standard InChI is InChI=1S/C29H38N2O5/c1-30(20-29(11-6-12-29)23-8-9-24(33-2)27(19-23)36-5)13-7-14-31-15-10-21-16-25(34-3)26(35-4)17-22(21)18-28(31)32/h8-10,15-17,19H,6-7,11-14,18,20H2,1-5H3. The fraction of sp³-hybridized carbons (Fsp3) is 0.483. The molecule has 7 nitrogen and oxygen atoms in total. The van der Waals surface area contributed by atoms with Gasteiger partial charge in [-0.15, -0.1) is 0 Å². The van der Waals surface area contributed by atoms with Gasteiger partial charge in [-0.05, 0) is 79.9 Å². The van der Waals surface area contributed by atoms with E-state index in [2.05, 4.69) is 24.1 Å². The van der Waals surface area contributed by atoms with E-state index in [1.807, 2.05) is 35.4 Å². The lowest BCUT2D eigenvalue weighted by Gasteiger charge is -2.45. The minimum absolute atomic E-state index is 0.0978. The van der Waals surface area contributed by atoms with E-state index in [0.717, 1.165) is 42.1 Å². The third kappa shape index (κ3) is 5.31. The van der Waals surface area contributed by atoms with E-state index in [4.69, 9.17) is 18.9 Å². The molecule has 1 aliphatic heterocycles. The lowest BCUT2D eigenvalue weighted by Crippen LogP contribution is -2.45. The van der Waals surface area contributed by atoms with Crippen molar-refractivity contribution in [2.75, 3.05) is 55.1 Å². The third-order valence-electron chi connectivity index (χ3n) is 7.56. The topological polar surface area (TPSA) is 60.5 Å². The quantitative estimate of drug-likeness (QED) is 0.458. The Morgan fingerprint density at radius 1 is 0.917 bits per heavy atom. The number of ether oxygens (including phenoxy) is 4. The lowest BCUT2D eigenvalue weighted by atomic mass is 9.64. The number of carbonyl (C=O) groups is 1. The first-order chi connectivity index (χ1) is 17.4. The smallest absolute Gasteiger partial charge is 0.230 e. The van der Waals surface area contributed by atoms with Crippen LogP contribution in [0.5, 0.6) is 23.0 Å². The second kappa shape index (κ2) is 11.2. The van der Waals surface area contributed by atoms with Crippen molar-refractivity contribution in [1.82, 2.24) is 9.80 Å². The number of likely N-dealkylation sites (N-methyl/N-ethyl adjacent to an activating group) is 1. The fourth-order valence-corrected chi connectivity index (χ4v) is 5.38. The van der Waals surface area contributed by atoms with Crippen molar-refractivity contribution in [1.29, 1.82) is 0 Å². The van der Waals surface area contributed by atoms with Crippen LogP contribution in [-0.4, -0.2) is 70.8 Å². The number of nitrogens with zero attached hydrogens (tertiary/aromatic N) is 2. The van der Waals surface area contributed by atoms with Gasteiger partial charge in [-0.1, -0.05) is 12.5 Å². The summed E-state index contributed by atoms with van der Waals surface area (Å²) >= 11 is 0. The highest BCUT2D eigenvalue weighted by atomic mass is 16.5. The Labute approximate surface area is 214 Å². The lowest BCUT2D eigenvalue weighted by molar-refractivity contribution is -0.127. The molecule has 1 heterocycles. The predicted octanol–water partition coefficient (Wildman–Crippen LogP) is 4.52. The van der Waals surface area contributed by atoms with Crippen LogP contribution in [0.1, 0.15) is 42.4 Å². The summed E-state index contributed by atoms with van der Waals surface area (Å²) in [5.74, 6) is 2.96. The molecule has 1 fully saturated rings. The van der Waals surface area contributed by atoms with E-state index in [0.29, 0.717) is 24.5 Å². The highest BCUT2D eigenvalue weighted by molar-refractivity contribution is 5.84. The van der Waals surface area contributed by atoms with E-state index in [9.17, 15) is 4.79 Å². The molecule has 0 N–H and O–H groups in total. The predicted molar refractivity (Wildman–Crippen MR) is 141 cm³/mol. The Morgan fingerprint density at radius 2 is 1.58 bits per heavy atom. The molecule has 0 spiro atoms. The van der Waals surface area contributed by atoms with Gasteiger partial charge >= 0.3 is 0 Å². The molecular weight excluding hydrogens is 456 g/mol. The highest BCUT2D eigenvalue weighted by Gasteiger charge is 2.40. The average Bonchev–Trinajstić information content (AvgIpc) is 3.02. The van der Waals surface area contributed by atoms with Gasteiger partial charge < -0.3 is 28.7 Å². The maximum absolute atomic E-state index is 13.0. The van der Waals surface area contributed by atoms with E-state index >= 15 is 0 Å². The van der Waals surface area contributed by atoms with Crippen molar-refractivity contribution in [3.05, 3.63) is 53.2 Å². The average molecular weight is 495 g/mol. The Balaban J connectivity index is 1.35. The molecule has 2 aliphatic rings. The number of fused-ring (bicyclic) bond motifs is 1. The summed E-state index contributed by atoms with van der Waals surface area (Å²) in [7, 11) is 8.76. The van der Waals surface area contributed by atoms with Crippen LogP contribution in [0.2, 0.25) is 0 Å². The molecule has 0 aromatic heterocycles. The minimum atomic E-state index is 0.0978. The molecule has 7 heteroatoms. The van der Waals surface area contributed by atoms with Crippen LogP contribution in [-0.2, 0) is 16.6 Å². The van der Waals surface area contributed by atoms with E-state index in [-0.39, 0.29) is 11.3 Å². The summed E-state index contributed by atoms with van der Waals surface area (Å²) in [4.78, 5) is 17.2. The Bertz CT molecular complexity index is 1110. The maximum Gasteiger partial charge on any atom is 0.230 e. The maximum atomic E-state index is 13.0. The molecule has 0 radical (unpaired) electrons. The number of hydrogen-bond acceptors (Lipinski definition) is 6. The van der Waals surface area contributed by atoms with Crippen LogP contribution in [0, 0.1) is 0 Å². The molecule has 1 aliphatic carbocycles. The molecule has 4 rings (SSSR count). The fourth-order valence-electron chi connectivity index (χ4n) is 5.38. The highest BCUT2D eigenvalue weighted by Crippen LogP contribution is 2.46. The van der Waals surface area contributed by atoms with Gasteiger partial charge in [0.25, 0.3) is 0 Å².